The van der Waals surface area contributed by atoms with E-state index in [0.717, 1.165) is 12.3 Å². The molecule has 0 aliphatic carbocycles. The Morgan fingerprint density at radius 2 is 1.93 bits per heavy atom. The molecule has 0 rings (SSSR count). The first-order chi connectivity index (χ1) is 7.13. The fourth-order valence-corrected chi connectivity index (χ4v) is 1.60. The van der Waals surface area contributed by atoms with E-state index in [9.17, 15) is 5.11 Å². The maximum atomic E-state index is 9.50. The maximum absolute atomic E-state index is 9.50. The summed E-state index contributed by atoms with van der Waals surface area (Å²) in [5, 5.41) is 12.9. The zero-order chi connectivity index (χ0) is 11.7. The summed E-state index contributed by atoms with van der Waals surface area (Å²) < 4.78 is 4.88. The van der Waals surface area contributed by atoms with Gasteiger partial charge < -0.3 is 15.2 Å². The lowest BCUT2D eigenvalue weighted by atomic mass is 9.98. The largest absolute Gasteiger partial charge is 0.389 e. The fraction of sp³-hybridized carbons (Fsp3) is 1.00. The minimum Gasteiger partial charge on any atom is -0.389 e. The molecule has 3 unspecified atom stereocenters. The zero-order valence-electron chi connectivity index (χ0n) is 10.6. The Labute approximate surface area is 94.2 Å². The molecule has 0 fully saturated rings. The first kappa shape index (κ1) is 14.9. The number of aliphatic hydroxyl groups is 1. The minimum absolute atomic E-state index is 0.388. The molecule has 2 N–H and O–H groups in total. The first-order valence-electron chi connectivity index (χ1n) is 6.04. The topological polar surface area (TPSA) is 41.5 Å². The zero-order valence-corrected chi connectivity index (χ0v) is 10.6. The molecule has 0 aromatic rings. The van der Waals surface area contributed by atoms with Crippen molar-refractivity contribution in [3.05, 3.63) is 0 Å². The van der Waals surface area contributed by atoms with Gasteiger partial charge >= 0.3 is 0 Å². The van der Waals surface area contributed by atoms with Crippen LogP contribution in [0.15, 0.2) is 0 Å². The number of rotatable bonds is 9. The minimum atomic E-state index is -0.388. The molecule has 0 aliphatic heterocycles. The third-order valence-corrected chi connectivity index (χ3v) is 2.88. The van der Waals surface area contributed by atoms with Crippen molar-refractivity contribution in [2.24, 2.45) is 5.92 Å². The molecule has 0 aromatic carbocycles. The van der Waals surface area contributed by atoms with Gasteiger partial charge in [-0.05, 0) is 18.8 Å². The van der Waals surface area contributed by atoms with Crippen LogP contribution in [0.25, 0.3) is 0 Å². The summed E-state index contributed by atoms with van der Waals surface area (Å²) in [7, 11) is 1.61. The molecular weight excluding hydrogens is 190 g/mol. The molecule has 0 aliphatic rings. The molecule has 3 heteroatoms. The highest BCUT2D eigenvalue weighted by Gasteiger charge is 2.11. The van der Waals surface area contributed by atoms with Crippen molar-refractivity contribution in [3.63, 3.8) is 0 Å². The quantitative estimate of drug-likeness (QED) is 0.619. The van der Waals surface area contributed by atoms with Crippen LogP contribution < -0.4 is 5.32 Å². The van der Waals surface area contributed by atoms with Gasteiger partial charge in [0.2, 0.25) is 0 Å². The highest BCUT2D eigenvalue weighted by Crippen LogP contribution is 2.11. The van der Waals surface area contributed by atoms with Crippen LogP contribution in [-0.2, 0) is 4.74 Å². The summed E-state index contributed by atoms with van der Waals surface area (Å²) in [6, 6.07) is 0.520. The highest BCUT2D eigenvalue weighted by atomic mass is 16.5. The summed E-state index contributed by atoms with van der Waals surface area (Å²) in [6.45, 7) is 7.71. The van der Waals surface area contributed by atoms with Crippen LogP contribution in [0.3, 0.4) is 0 Å². The molecular formula is C12H27NO2. The van der Waals surface area contributed by atoms with E-state index in [1.54, 1.807) is 7.11 Å². The number of nitrogens with one attached hydrogen (secondary N) is 1. The van der Waals surface area contributed by atoms with Crippen molar-refractivity contribution < 1.29 is 9.84 Å². The first-order valence-corrected chi connectivity index (χ1v) is 6.04. The van der Waals surface area contributed by atoms with Crippen LogP contribution in [0.4, 0.5) is 0 Å². The number of methoxy groups -OCH3 is 1. The molecule has 0 radical (unpaired) electrons. The summed E-state index contributed by atoms with van der Waals surface area (Å²) in [6.07, 6.45) is 3.14. The molecule has 0 aromatic heterocycles. The van der Waals surface area contributed by atoms with Gasteiger partial charge in [0.05, 0.1) is 12.7 Å². The Balaban J connectivity index is 3.69. The number of hydrogen-bond donors (Lipinski definition) is 2. The van der Waals surface area contributed by atoms with Gasteiger partial charge in [-0.25, -0.2) is 0 Å². The monoisotopic (exact) mass is 217 g/mol. The van der Waals surface area contributed by atoms with E-state index in [-0.39, 0.29) is 6.10 Å². The van der Waals surface area contributed by atoms with E-state index in [4.69, 9.17) is 4.74 Å². The third-order valence-electron chi connectivity index (χ3n) is 2.88. The Morgan fingerprint density at radius 3 is 2.40 bits per heavy atom. The van der Waals surface area contributed by atoms with Crippen LogP contribution >= 0.6 is 0 Å². The second-order valence-electron chi connectivity index (χ2n) is 4.37. The van der Waals surface area contributed by atoms with Gasteiger partial charge in [-0.3, -0.25) is 0 Å². The van der Waals surface area contributed by atoms with Crippen molar-refractivity contribution >= 4 is 0 Å². The van der Waals surface area contributed by atoms with Gasteiger partial charge in [-0.1, -0.05) is 27.2 Å². The number of hydrogen-bond acceptors (Lipinski definition) is 3. The second-order valence-corrected chi connectivity index (χ2v) is 4.37. The molecule has 0 bridgehead atoms. The average Bonchev–Trinajstić information content (AvgIpc) is 2.24. The van der Waals surface area contributed by atoms with Crippen LogP contribution in [0.2, 0.25) is 0 Å². The van der Waals surface area contributed by atoms with Crippen LogP contribution in [0, 0.1) is 5.92 Å². The SMILES string of the molecule is CCC(C)CC(CC)NCC(O)COC. The normalized spacial score (nSPS) is 17.4. The highest BCUT2D eigenvalue weighted by molar-refractivity contribution is 4.70. The Bertz CT molecular complexity index is 142. The lowest BCUT2D eigenvalue weighted by Gasteiger charge is -2.21. The molecule has 0 heterocycles. The van der Waals surface area contributed by atoms with Gasteiger partial charge in [0.25, 0.3) is 0 Å². The lowest BCUT2D eigenvalue weighted by molar-refractivity contribution is 0.0620. The molecule has 15 heavy (non-hydrogen) atoms. The van der Waals surface area contributed by atoms with Crippen molar-refractivity contribution in [1.82, 2.24) is 5.32 Å². The predicted octanol–water partition coefficient (Wildman–Crippen LogP) is 1.80. The van der Waals surface area contributed by atoms with Gasteiger partial charge in [-0.2, -0.15) is 0 Å². The maximum Gasteiger partial charge on any atom is 0.0897 e. The molecule has 0 saturated heterocycles. The van der Waals surface area contributed by atoms with Crippen molar-refractivity contribution in [2.45, 2.75) is 52.2 Å². The predicted molar refractivity (Wildman–Crippen MR) is 64.0 cm³/mol. The van der Waals surface area contributed by atoms with Crippen LogP contribution in [0.5, 0.6) is 0 Å². The van der Waals surface area contributed by atoms with Gasteiger partial charge in [-0.15, -0.1) is 0 Å². The molecule has 0 spiro atoms. The van der Waals surface area contributed by atoms with E-state index in [1.165, 1.54) is 12.8 Å². The Hall–Kier alpha value is -0.120. The van der Waals surface area contributed by atoms with Gasteiger partial charge in [0.1, 0.15) is 0 Å². The standard InChI is InChI=1S/C12H27NO2/c1-5-10(3)7-11(6-2)13-8-12(14)9-15-4/h10-14H,5-9H2,1-4H3. The van der Waals surface area contributed by atoms with Gasteiger partial charge in [0, 0.05) is 19.7 Å². The van der Waals surface area contributed by atoms with E-state index in [1.807, 2.05) is 0 Å². The molecule has 92 valence electrons. The lowest BCUT2D eigenvalue weighted by Crippen LogP contribution is -2.37. The number of aliphatic hydroxyl groups excluding tert-OH is 1. The summed E-state index contributed by atoms with van der Waals surface area (Å²) in [4.78, 5) is 0. The Morgan fingerprint density at radius 1 is 1.27 bits per heavy atom. The second kappa shape index (κ2) is 9.13. The van der Waals surface area contributed by atoms with Crippen LogP contribution in [-0.4, -0.2) is 37.5 Å². The molecule has 3 nitrogen and oxygen atoms in total. The molecule has 0 amide bonds. The molecule has 0 saturated carbocycles. The van der Waals surface area contributed by atoms with E-state index >= 15 is 0 Å². The van der Waals surface area contributed by atoms with Crippen molar-refractivity contribution in [3.8, 4) is 0 Å². The fourth-order valence-electron chi connectivity index (χ4n) is 1.60. The van der Waals surface area contributed by atoms with E-state index in [0.29, 0.717) is 19.2 Å². The average molecular weight is 217 g/mol. The van der Waals surface area contributed by atoms with Gasteiger partial charge in [0.15, 0.2) is 0 Å². The van der Waals surface area contributed by atoms with Crippen LogP contribution in [0.1, 0.15) is 40.0 Å². The van der Waals surface area contributed by atoms with Crippen molar-refractivity contribution in [2.75, 3.05) is 20.3 Å². The Kier molecular flexibility index (Phi) is 9.06. The van der Waals surface area contributed by atoms with Crippen molar-refractivity contribution in [1.29, 1.82) is 0 Å². The molecule has 3 atom stereocenters. The smallest absolute Gasteiger partial charge is 0.0897 e. The summed E-state index contributed by atoms with van der Waals surface area (Å²) in [5.41, 5.74) is 0. The van der Waals surface area contributed by atoms with E-state index < -0.39 is 0 Å². The van der Waals surface area contributed by atoms with E-state index in [2.05, 4.69) is 26.1 Å². The summed E-state index contributed by atoms with van der Waals surface area (Å²) in [5.74, 6) is 0.752. The summed E-state index contributed by atoms with van der Waals surface area (Å²) >= 11 is 0. The number of ether oxygens (including phenoxy) is 1. The third kappa shape index (κ3) is 7.77.